The summed E-state index contributed by atoms with van der Waals surface area (Å²) in [7, 11) is -3.94. The first-order valence-electron chi connectivity index (χ1n) is 9.21. The number of anilines is 1. The van der Waals surface area contributed by atoms with Crippen LogP contribution in [0, 0.1) is 20.8 Å². The van der Waals surface area contributed by atoms with Gasteiger partial charge in [0.1, 0.15) is 10.6 Å². The van der Waals surface area contributed by atoms with E-state index < -0.39 is 10.1 Å². The monoisotopic (exact) mass is 409 g/mol. The molecule has 3 aromatic carbocycles. The van der Waals surface area contributed by atoms with E-state index in [1.165, 1.54) is 12.1 Å². The second-order valence-electron chi connectivity index (χ2n) is 7.00. The van der Waals surface area contributed by atoms with Crippen molar-refractivity contribution in [1.82, 2.24) is 0 Å². The van der Waals surface area contributed by atoms with E-state index in [0.717, 1.165) is 11.1 Å². The summed E-state index contributed by atoms with van der Waals surface area (Å²) in [4.78, 5) is 12.4. The second kappa shape index (κ2) is 8.49. The van der Waals surface area contributed by atoms with E-state index in [2.05, 4.69) is 5.32 Å². The molecule has 0 aliphatic rings. The zero-order chi connectivity index (χ0) is 21.0. The van der Waals surface area contributed by atoms with Gasteiger partial charge in [-0.15, -0.1) is 0 Å². The maximum atomic E-state index is 12.6. The van der Waals surface area contributed by atoms with Gasteiger partial charge in [0.25, 0.3) is 0 Å². The maximum absolute atomic E-state index is 12.6. The van der Waals surface area contributed by atoms with Crippen LogP contribution < -0.4 is 9.50 Å². The molecular weight excluding hydrogens is 386 g/mol. The van der Waals surface area contributed by atoms with Crippen molar-refractivity contribution < 1.29 is 17.4 Å². The summed E-state index contributed by atoms with van der Waals surface area (Å²) >= 11 is 0. The third-order valence-electron chi connectivity index (χ3n) is 4.45. The van der Waals surface area contributed by atoms with E-state index >= 15 is 0 Å². The van der Waals surface area contributed by atoms with Gasteiger partial charge in [-0.3, -0.25) is 4.79 Å². The molecule has 0 atom stereocenters. The Kier molecular flexibility index (Phi) is 6.03. The topological polar surface area (TPSA) is 72.5 Å². The molecular formula is C23H23NO4S. The third-order valence-corrected chi connectivity index (χ3v) is 5.69. The number of hydrogen-bond acceptors (Lipinski definition) is 4. The lowest BCUT2D eigenvalue weighted by atomic mass is 10.1. The number of rotatable bonds is 6. The number of aryl methyl sites for hydroxylation is 3. The van der Waals surface area contributed by atoms with Crippen molar-refractivity contribution in [3.8, 4) is 5.75 Å². The molecule has 0 aliphatic heterocycles. The van der Waals surface area contributed by atoms with Crippen LogP contribution in [0.2, 0.25) is 0 Å². The van der Waals surface area contributed by atoms with Gasteiger partial charge < -0.3 is 9.50 Å². The van der Waals surface area contributed by atoms with E-state index in [1.807, 2.05) is 37.3 Å². The fourth-order valence-electron chi connectivity index (χ4n) is 3.00. The van der Waals surface area contributed by atoms with Gasteiger partial charge >= 0.3 is 10.1 Å². The van der Waals surface area contributed by atoms with Gasteiger partial charge in [-0.2, -0.15) is 8.42 Å². The lowest BCUT2D eigenvalue weighted by molar-refractivity contribution is -0.115. The van der Waals surface area contributed by atoms with Crippen molar-refractivity contribution in [3.63, 3.8) is 0 Å². The lowest BCUT2D eigenvalue weighted by Gasteiger charge is -2.14. The highest BCUT2D eigenvalue weighted by molar-refractivity contribution is 7.87. The van der Waals surface area contributed by atoms with Crippen molar-refractivity contribution in [2.45, 2.75) is 32.1 Å². The minimum Gasteiger partial charge on any atom is -0.378 e. The Labute approximate surface area is 171 Å². The Morgan fingerprint density at radius 1 is 0.897 bits per heavy atom. The molecule has 0 radical (unpaired) electrons. The van der Waals surface area contributed by atoms with Crippen molar-refractivity contribution in [2.75, 3.05) is 5.32 Å². The van der Waals surface area contributed by atoms with Crippen molar-refractivity contribution in [3.05, 3.63) is 89.0 Å². The van der Waals surface area contributed by atoms with E-state index in [4.69, 9.17) is 4.18 Å². The zero-order valence-corrected chi connectivity index (χ0v) is 17.4. The Morgan fingerprint density at radius 2 is 1.48 bits per heavy atom. The molecule has 0 saturated carbocycles. The molecule has 0 unspecified atom stereocenters. The first-order valence-corrected chi connectivity index (χ1v) is 10.6. The molecule has 29 heavy (non-hydrogen) atoms. The SMILES string of the molecule is Cc1ccc(S(=O)(=O)Oc2c(C)cc(NC(=O)Cc3ccccc3)cc2C)cc1. The van der Waals surface area contributed by atoms with E-state index in [9.17, 15) is 13.2 Å². The second-order valence-corrected chi connectivity index (χ2v) is 8.55. The molecule has 1 amide bonds. The normalized spacial score (nSPS) is 11.1. The molecule has 0 fully saturated rings. The van der Waals surface area contributed by atoms with Crippen molar-refractivity contribution in [2.24, 2.45) is 0 Å². The Morgan fingerprint density at radius 3 is 2.07 bits per heavy atom. The molecule has 6 heteroatoms. The van der Waals surface area contributed by atoms with Crippen molar-refractivity contribution >= 4 is 21.7 Å². The zero-order valence-electron chi connectivity index (χ0n) is 16.6. The summed E-state index contributed by atoms with van der Waals surface area (Å²) in [5.41, 5.74) is 3.72. The molecule has 3 rings (SSSR count). The van der Waals surface area contributed by atoms with Gasteiger partial charge in [-0.25, -0.2) is 0 Å². The number of hydrogen-bond donors (Lipinski definition) is 1. The molecule has 3 aromatic rings. The molecule has 0 aromatic heterocycles. The first-order chi connectivity index (χ1) is 13.7. The van der Waals surface area contributed by atoms with Crippen LogP contribution in [0.1, 0.15) is 22.3 Å². The largest absolute Gasteiger partial charge is 0.378 e. The summed E-state index contributed by atoms with van der Waals surface area (Å²) in [5.74, 6) is 0.127. The number of amides is 1. The standard InChI is InChI=1S/C23H23NO4S/c1-16-9-11-21(12-10-16)29(26,27)28-23-17(2)13-20(14-18(23)3)24-22(25)15-19-7-5-4-6-8-19/h4-14H,15H2,1-3H3,(H,24,25). The first kappa shape index (κ1) is 20.6. The van der Waals surface area contributed by atoms with Crippen molar-refractivity contribution in [1.29, 1.82) is 0 Å². The van der Waals surface area contributed by atoms with Gasteiger partial charge in [0.15, 0.2) is 0 Å². The highest BCUT2D eigenvalue weighted by Crippen LogP contribution is 2.30. The predicted molar refractivity (Wildman–Crippen MR) is 114 cm³/mol. The Bertz CT molecular complexity index is 1100. The van der Waals surface area contributed by atoms with Gasteiger partial charge in [0.05, 0.1) is 6.42 Å². The van der Waals surface area contributed by atoms with Crippen LogP contribution in [0.15, 0.2) is 71.6 Å². The van der Waals surface area contributed by atoms with Crippen LogP contribution in [0.25, 0.3) is 0 Å². The van der Waals surface area contributed by atoms with Gasteiger partial charge in [-0.1, -0.05) is 48.0 Å². The summed E-state index contributed by atoms with van der Waals surface area (Å²) < 4.78 is 30.6. The minimum atomic E-state index is -3.94. The minimum absolute atomic E-state index is 0.0992. The van der Waals surface area contributed by atoms with Gasteiger partial charge in [-0.05, 0) is 61.7 Å². The van der Waals surface area contributed by atoms with Crippen LogP contribution in [0.5, 0.6) is 5.75 Å². The summed E-state index contributed by atoms with van der Waals surface area (Å²) in [6.07, 6.45) is 0.263. The quantitative estimate of drug-likeness (QED) is 0.606. The van der Waals surface area contributed by atoms with Gasteiger partial charge in [0.2, 0.25) is 5.91 Å². The number of nitrogens with one attached hydrogen (secondary N) is 1. The van der Waals surface area contributed by atoms with Crippen LogP contribution in [0.4, 0.5) is 5.69 Å². The molecule has 0 bridgehead atoms. The lowest BCUT2D eigenvalue weighted by Crippen LogP contribution is -2.15. The van der Waals surface area contributed by atoms with Crippen LogP contribution >= 0.6 is 0 Å². The van der Waals surface area contributed by atoms with E-state index in [0.29, 0.717) is 16.8 Å². The third kappa shape index (κ3) is 5.23. The molecule has 150 valence electrons. The molecule has 1 N–H and O–H groups in total. The maximum Gasteiger partial charge on any atom is 0.339 e. The number of benzene rings is 3. The van der Waals surface area contributed by atoms with E-state index in [1.54, 1.807) is 38.1 Å². The summed E-state index contributed by atoms with van der Waals surface area (Å²) in [5, 5.41) is 2.86. The highest BCUT2D eigenvalue weighted by atomic mass is 32.2. The van der Waals surface area contributed by atoms with Crippen LogP contribution in [0.3, 0.4) is 0 Å². The summed E-state index contributed by atoms with van der Waals surface area (Å²) in [6, 6.07) is 19.4. The Hall–Kier alpha value is -3.12. The van der Waals surface area contributed by atoms with Crippen LogP contribution in [-0.4, -0.2) is 14.3 Å². The average molecular weight is 410 g/mol. The van der Waals surface area contributed by atoms with Crippen LogP contribution in [-0.2, 0) is 21.3 Å². The molecule has 0 saturated heterocycles. The fraction of sp³-hybridized carbons (Fsp3) is 0.174. The average Bonchev–Trinajstić information content (AvgIpc) is 2.66. The van der Waals surface area contributed by atoms with E-state index in [-0.39, 0.29) is 23.0 Å². The molecule has 5 nitrogen and oxygen atoms in total. The van der Waals surface area contributed by atoms with Gasteiger partial charge in [0, 0.05) is 5.69 Å². The number of carbonyl (C=O) groups excluding carboxylic acids is 1. The Balaban J connectivity index is 1.77. The number of carbonyl (C=O) groups is 1. The summed E-state index contributed by atoms with van der Waals surface area (Å²) in [6.45, 7) is 5.38. The fourth-order valence-corrected chi connectivity index (χ4v) is 4.05. The highest BCUT2D eigenvalue weighted by Gasteiger charge is 2.19. The molecule has 0 aliphatic carbocycles. The predicted octanol–water partition coefficient (Wildman–Crippen LogP) is 4.56. The smallest absolute Gasteiger partial charge is 0.339 e. The molecule has 0 heterocycles. The molecule has 0 spiro atoms.